The Bertz CT molecular complexity index is 968. The highest BCUT2D eigenvalue weighted by Crippen LogP contribution is 2.37. The highest BCUT2D eigenvalue weighted by atomic mass is 79.9. The standard InChI is InChI=1S/C19H15BrN2OS/c20-15-12-10-14(11-13-15)19-21-17-8-4-5-9-18(17)24(23,22-19)16-6-2-1-3-7-16/h1-13,24H,(H,21,22,23). The number of nitrogens with one attached hydrogen (secondary N) is 1. The van der Waals surface area contributed by atoms with E-state index in [0.717, 1.165) is 25.5 Å². The average molecular weight is 399 g/mol. The van der Waals surface area contributed by atoms with E-state index in [1.807, 2.05) is 78.9 Å². The van der Waals surface area contributed by atoms with Crippen molar-refractivity contribution in [3.63, 3.8) is 0 Å². The molecule has 4 rings (SSSR count). The van der Waals surface area contributed by atoms with E-state index in [0.29, 0.717) is 5.84 Å². The maximum Gasteiger partial charge on any atom is 0.144 e. The average Bonchev–Trinajstić information content (AvgIpc) is 2.63. The number of aliphatic imine (C=N–C) groups is 1. The highest BCUT2D eigenvalue weighted by molar-refractivity contribution is 9.10. The Labute approximate surface area is 150 Å². The van der Waals surface area contributed by atoms with Crippen LogP contribution in [0.15, 0.2) is 98.1 Å². The number of thiol groups is 1. The zero-order valence-electron chi connectivity index (χ0n) is 12.7. The molecule has 1 N–H and O–H groups in total. The van der Waals surface area contributed by atoms with Crippen molar-refractivity contribution in [2.75, 3.05) is 0 Å². The Hall–Kier alpha value is -2.24. The molecule has 0 aliphatic carbocycles. The van der Waals surface area contributed by atoms with Gasteiger partial charge in [0.1, 0.15) is 5.84 Å². The lowest BCUT2D eigenvalue weighted by molar-refractivity contribution is 0.666. The second kappa shape index (κ2) is 6.00. The van der Waals surface area contributed by atoms with Gasteiger partial charge in [0, 0.05) is 25.1 Å². The maximum absolute atomic E-state index is 13.9. The Balaban J connectivity index is 1.90. The first-order valence-corrected chi connectivity index (χ1v) is 10.0. The number of amidine groups is 1. The summed E-state index contributed by atoms with van der Waals surface area (Å²) in [5.74, 6) is 0.633. The number of rotatable bonds is 2. The fourth-order valence-electron chi connectivity index (χ4n) is 2.76. The summed E-state index contributed by atoms with van der Waals surface area (Å²) >= 11 is 3.44. The van der Waals surface area contributed by atoms with Crippen LogP contribution in [-0.4, -0.2) is 10.0 Å². The van der Waals surface area contributed by atoms with Gasteiger partial charge >= 0.3 is 0 Å². The molecule has 120 valence electrons. The molecule has 1 aliphatic rings. The van der Waals surface area contributed by atoms with Crippen molar-refractivity contribution in [3.05, 3.63) is 88.9 Å². The molecule has 3 aromatic rings. The van der Waals surface area contributed by atoms with Crippen LogP contribution in [0.3, 0.4) is 0 Å². The van der Waals surface area contributed by atoms with Crippen molar-refractivity contribution in [3.8, 4) is 0 Å². The Kier molecular flexibility index (Phi) is 3.82. The number of hydrogen-bond donors (Lipinski definition) is 2. The predicted octanol–water partition coefficient (Wildman–Crippen LogP) is 4.48. The minimum absolute atomic E-state index is 0.633. The summed E-state index contributed by atoms with van der Waals surface area (Å²) in [6, 6.07) is 25.0. The molecule has 0 amide bonds. The number of nitrogens with zero attached hydrogens (tertiary/aromatic N) is 1. The van der Waals surface area contributed by atoms with Gasteiger partial charge in [0.05, 0.1) is 10.6 Å². The molecule has 0 atom stereocenters. The summed E-state index contributed by atoms with van der Waals surface area (Å²) in [7, 11) is -2.98. The second-order valence-corrected chi connectivity index (χ2v) is 8.87. The summed E-state index contributed by atoms with van der Waals surface area (Å²) in [6.45, 7) is 0. The van der Waals surface area contributed by atoms with Crippen LogP contribution in [0.1, 0.15) is 5.56 Å². The van der Waals surface area contributed by atoms with E-state index in [2.05, 4.69) is 25.6 Å². The second-order valence-electron chi connectivity index (χ2n) is 5.51. The minimum Gasteiger partial charge on any atom is -0.304 e. The van der Waals surface area contributed by atoms with Gasteiger partial charge < -0.3 is 4.72 Å². The first-order valence-electron chi connectivity index (χ1n) is 7.55. The lowest BCUT2D eigenvalue weighted by Gasteiger charge is -2.32. The molecule has 0 spiro atoms. The molecule has 5 heteroatoms. The fourth-order valence-corrected chi connectivity index (χ4v) is 5.36. The lowest BCUT2D eigenvalue weighted by Crippen LogP contribution is -2.39. The van der Waals surface area contributed by atoms with Crippen molar-refractivity contribution in [1.29, 1.82) is 0 Å². The van der Waals surface area contributed by atoms with Crippen LogP contribution in [0.4, 0.5) is 5.69 Å². The van der Waals surface area contributed by atoms with Gasteiger partial charge in [-0.1, -0.05) is 58.4 Å². The van der Waals surface area contributed by atoms with Crippen molar-refractivity contribution >= 4 is 37.6 Å². The van der Waals surface area contributed by atoms with Gasteiger partial charge in [-0.2, -0.15) is 0 Å². The molecular formula is C19H15BrN2OS. The first kappa shape index (κ1) is 15.3. The normalized spacial score (nSPS) is 16.5. The number of para-hydroxylation sites is 1. The molecular weight excluding hydrogens is 384 g/mol. The minimum atomic E-state index is -2.98. The molecule has 0 aromatic heterocycles. The van der Waals surface area contributed by atoms with Crippen molar-refractivity contribution in [1.82, 2.24) is 4.72 Å². The summed E-state index contributed by atoms with van der Waals surface area (Å²) in [5, 5.41) is 0. The molecule has 0 saturated heterocycles. The zero-order valence-corrected chi connectivity index (χ0v) is 15.2. The molecule has 0 bridgehead atoms. The Morgan fingerprint density at radius 1 is 0.833 bits per heavy atom. The molecule has 0 unspecified atom stereocenters. The summed E-state index contributed by atoms with van der Waals surface area (Å²) in [4.78, 5) is 6.21. The quantitative estimate of drug-likeness (QED) is 0.613. The van der Waals surface area contributed by atoms with Crippen LogP contribution < -0.4 is 4.72 Å². The summed E-state index contributed by atoms with van der Waals surface area (Å²) in [6.07, 6.45) is 0. The first-order chi connectivity index (χ1) is 11.7. The van der Waals surface area contributed by atoms with Crippen LogP contribution in [0.5, 0.6) is 0 Å². The Morgan fingerprint density at radius 2 is 1.50 bits per heavy atom. The number of halogens is 1. The van der Waals surface area contributed by atoms with Gasteiger partial charge in [-0.05, 0) is 36.4 Å². The third kappa shape index (κ3) is 2.60. The highest BCUT2D eigenvalue weighted by Gasteiger charge is 2.28. The van der Waals surface area contributed by atoms with Gasteiger partial charge in [0.2, 0.25) is 0 Å². The van der Waals surface area contributed by atoms with Crippen LogP contribution in [0.25, 0.3) is 0 Å². The van der Waals surface area contributed by atoms with Gasteiger partial charge in [0.15, 0.2) is 0 Å². The molecule has 24 heavy (non-hydrogen) atoms. The van der Waals surface area contributed by atoms with Crippen LogP contribution in [-0.2, 0) is 10.1 Å². The third-order valence-electron chi connectivity index (χ3n) is 3.95. The zero-order chi connectivity index (χ0) is 16.6. The summed E-state index contributed by atoms with van der Waals surface area (Å²) < 4.78 is 18.1. The van der Waals surface area contributed by atoms with Gasteiger partial charge in [-0.15, -0.1) is 0 Å². The molecule has 1 aliphatic heterocycles. The van der Waals surface area contributed by atoms with Crippen LogP contribution in [0, 0.1) is 0 Å². The topological polar surface area (TPSA) is 41.5 Å². The molecule has 3 aromatic carbocycles. The molecule has 3 nitrogen and oxygen atoms in total. The van der Waals surface area contributed by atoms with Crippen LogP contribution in [0.2, 0.25) is 0 Å². The Morgan fingerprint density at radius 3 is 2.25 bits per heavy atom. The van der Waals surface area contributed by atoms with Gasteiger partial charge in [-0.3, -0.25) is 4.21 Å². The van der Waals surface area contributed by atoms with Gasteiger partial charge in [-0.25, -0.2) is 4.99 Å². The third-order valence-corrected chi connectivity index (χ3v) is 7.09. The van der Waals surface area contributed by atoms with Crippen molar-refractivity contribution in [2.24, 2.45) is 4.99 Å². The largest absolute Gasteiger partial charge is 0.304 e. The van der Waals surface area contributed by atoms with E-state index in [9.17, 15) is 4.21 Å². The molecule has 0 radical (unpaired) electrons. The monoisotopic (exact) mass is 398 g/mol. The van der Waals surface area contributed by atoms with E-state index in [1.165, 1.54) is 0 Å². The van der Waals surface area contributed by atoms with Gasteiger partial charge in [0.25, 0.3) is 0 Å². The van der Waals surface area contributed by atoms with E-state index in [4.69, 9.17) is 0 Å². The van der Waals surface area contributed by atoms with Crippen LogP contribution >= 0.6 is 15.9 Å². The number of fused-ring (bicyclic) bond motifs is 1. The molecule has 0 fully saturated rings. The number of benzene rings is 3. The van der Waals surface area contributed by atoms with E-state index < -0.39 is 10.1 Å². The van der Waals surface area contributed by atoms with E-state index in [-0.39, 0.29) is 0 Å². The van der Waals surface area contributed by atoms with Crippen molar-refractivity contribution in [2.45, 2.75) is 9.79 Å². The molecule has 0 saturated carbocycles. The summed E-state index contributed by atoms with van der Waals surface area (Å²) in [5.41, 5.74) is 1.66. The number of hydrogen-bond acceptors (Lipinski definition) is 2. The SMILES string of the molecule is O=[SH]1(c2ccccc2)NC(c2ccc(Br)cc2)=Nc2ccccc21. The fraction of sp³-hybridized carbons (Fsp3) is 0. The maximum atomic E-state index is 13.9. The van der Waals surface area contributed by atoms with Crippen molar-refractivity contribution < 1.29 is 4.21 Å². The smallest absolute Gasteiger partial charge is 0.144 e. The van der Waals surface area contributed by atoms with E-state index in [1.54, 1.807) is 0 Å². The predicted molar refractivity (Wildman–Crippen MR) is 102 cm³/mol. The molecule has 1 heterocycles. The van der Waals surface area contributed by atoms with E-state index >= 15 is 0 Å². The lowest BCUT2D eigenvalue weighted by atomic mass is 10.2.